The fourth-order valence-corrected chi connectivity index (χ4v) is 1.78. The molecule has 1 aliphatic heterocycles. The topological polar surface area (TPSA) is 32.7 Å². The summed E-state index contributed by atoms with van der Waals surface area (Å²) in [6.45, 7) is 7.12. The normalized spacial score (nSPS) is 20.1. The van der Waals surface area contributed by atoms with Crippen molar-refractivity contribution < 1.29 is 9.84 Å². The number of ether oxygens (including phenoxy) is 1. The molecule has 0 aromatic carbocycles. The standard InChI is InChI=1S/C11H23NO2/c1-2-9-14-10-3-6-12-7-4-11(13)5-8-12/h11,13H,2-10H2,1H3. The van der Waals surface area contributed by atoms with Gasteiger partial charge in [0.25, 0.3) is 0 Å². The van der Waals surface area contributed by atoms with Gasteiger partial charge in [-0.25, -0.2) is 0 Å². The predicted molar refractivity (Wildman–Crippen MR) is 57.4 cm³/mol. The van der Waals surface area contributed by atoms with Crippen LogP contribution in [0.3, 0.4) is 0 Å². The van der Waals surface area contributed by atoms with E-state index in [9.17, 15) is 5.11 Å². The molecule has 0 amide bonds. The molecule has 0 aliphatic carbocycles. The van der Waals surface area contributed by atoms with E-state index in [2.05, 4.69) is 11.8 Å². The lowest BCUT2D eigenvalue weighted by Gasteiger charge is -2.29. The van der Waals surface area contributed by atoms with Gasteiger partial charge in [0, 0.05) is 32.8 Å². The van der Waals surface area contributed by atoms with E-state index in [-0.39, 0.29) is 6.10 Å². The molecule has 0 radical (unpaired) electrons. The number of hydrogen-bond acceptors (Lipinski definition) is 3. The van der Waals surface area contributed by atoms with Crippen LogP contribution < -0.4 is 0 Å². The third-order valence-corrected chi connectivity index (χ3v) is 2.67. The molecule has 0 atom stereocenters. The van der Waals surface area contributed by atoms with Gasteiger partial charge in [-0.1, -0.05) is 6.92 Å². The molecular weight excluding hydrogens is 178 g/mol. The first-order chi connectivity index (χ1) is 6.83. The van der Waals surface area contributed by atoms with E-state index in [0.29, 0.717) is 0 Å². The second-order valence-corrected chi connectivity index (χ2v) is 4.04. The molecule has 1 fully saturated rings. The van der Waals surface area contributed by atoms with Crippen molar-refractivity contribution in [2.24, 2.45) is 0 Å². The number of nitrogens with zero attached hydrogens (tertiary/aromatic N) is 1. The van der Waals surface area contributed by atoms with Gasteiger partial charge < -0.3 is 14.7 Å². The molecular formula is C11H23NO2. The van der Waals surface area contributed by atoms with Gasteiger partial charge in [-0.2, -0.15) is 0 Å². The fraction of sp³-hybridized carbons (Fsp3) is 1.00. The van der Waals surface area contributed by atoms with Crippen molar-refractivity contribution in [2.45, 2.75) is 38.7 Å². The quantitative estimate of drug-likeness (QED) is 0.657. The van der Waals surface area contributed by atoms with Gasteiger partial charge in [-0.05, 0) is 25.7 Å². The molecule has 3 nitrogen and oxygen atoms in total. The maximum absolute atomic E-state index is 9.32. The zero-order chi connectivity index (χ0) is 10.2. The molecule has 1 aliphatic rings. The Hall–Kier alpha value is -0.120. The van der Waals surface area contributed by atoms with E-state index < -0.39 is 0 Å². The molecule has 3 heteroatoms. The maximum Gasteiger partial charge on any atom is 0.0564 e. The van der Waals surface area contributed by atoms with Crippen molar-refractivity contribution in [3.05, 3.63) is 0 Å². The predicted octanol–water partition coefficient (Wildman–Crippen LogP) is 1.26. The lowest BCUT2D eigenvalue weighted by Crippen LogP contribution is -2.36. The van der Waals surface area contributed by atoms with Crippen LogP contribution in [-0.2, 0) is 4.74 Å². The fourth-order valence-electron chi connectivity index (χ4n) is 1.78. The van der Waals surface area contributed by atoms with Crippen LogP contribution in [-0.4, -0.2) is 49.0 Å². The number of likely N-dealkylation sites (tertiary alicyclic amines) is 1. The molecule has 84 valence electrons. The first kappa shape index (κ1) is 12.0. The van der Waals surface area contributed by atoms with Crippen LogP contribution in [0.25, 0.3) is 0 Å². The molecule has 0 saturated carbocycles. The third kappa shape index (κ3) is 4.94. The molecule has 0 aromatic heterocycles. The lowest BCUT2D eigenvalue weighted by molar-refractivity contribution is 0.0723. The number of aliphatic hydroxyl groups excluding tert-OH is 1. The first-order valence-corrected chi connectivity index (χ1v) is 5.81. The van der Waals surface area contributed by atoms with Gasteiger partial charge in [-0.15, -0.1) is 0 Å². The van der Waals surface area contributed by atoms with E-state index in [1.54, 1.807) is 0 Å². The van der Waals surface area contributed by atoms with Crippen molar-refractivity contribution in [1.82, 2.24) is 4.90 Å². The van der Waals surface area contributed by atoms with Crippen LogP contribution in [0.4, 0.5) is 0 Å². The van der Waals surface area contributed by atoms with E-state index in [4.69, 9.17) is 4.74 Å². The van der Waals surface area contributed by atoms with Gasteiger partial charge in [0.15, 0.2) is 0 Å². The van der Waals surface area contributed by atoms with E-state index in [1.165, 1.54) is 0 Å². The summed E-state index contributed by atoms with van der Waals surface area (Å²) in [6.07, 6.45) is 4.06. The highest BCUT2D eigenvalue weighted by Gasteiger charge is 2.15. The minimum atomic E-state index is -0.0532. The van der Waals surface area contributed by atoms with Crippen LogP contribution in [0.1, 0.15) is 32.6 Å². The molecule has 1 N–H and O–H groups in total. The Morgan fingerprint density at radius 2 is 2.00 bits per heavy atom. The van der Waals surface area contributed by atoms with Crippen molar-refractivity contribution in [3.63, 3.8) is 0 Å². The second kappa shape index (κ2) is 7.21. The van der Waals surface area contributed by atoms with E-state index in [1.807, 2.05) is 0 Å². The average molecular weight is 201 g/mol. The molecule has 1 heterocycles. The average Bonchev–Trinajstić information content (AvgIpc) is 2.21. The second-order valence-electron chi connectivity index (χ2n) is 4.04. The van der Waals surface area contributed by atoms with Gasteiger partial charge >= 0.3 is 0 Å². The maximum atomic E-state index is 9.32. The summed E-state index contributed by atoms with van der Waals surface area (Å²) >= 11 is 0. The summed E-state index contributed by atoms with van der Waals surface area (Å²) < 4.78 is 5.42. The largest absolute Gasteiger partial charge is 0.393 e. The Kier molecular flexibility index (Phi) is 6.15. The highest BCUT2D eigenvalue weighted by molar-refractivity contribution is 4.70. The van der Waals surface area contributed by atoms with Crippen LogP contribution in [0.2, 0.25) is 0 Å². The molecule has 1 rings (SSSR count). The van der Waals surface area contributed by atoms with Crippen LogP contribution in [0.5, 0.6) is 0 Å². The number of piperidine rings is 1. The Morgan fingerprint density at radius 3 is 2.64 bits per heavy atom. The SMILES string of the molecule is CCCOCCCN1CCC(O)CC1. The number of hydrogen-bond donors (Lipinski definition) is 1. The molecule has 14 heavy (non-hydrogen) atoms. The van der Waals surface area contributed by atoms with Gasteiger partial charge in [0.05, 0.1) is 6.10 Å². The van der Waals surface area contributed by atoms with Crippen molar-refractivity contribution in [1.29, 1.82) is 0 Å². The summed E-state index contributed by atoms with van der Waals surface area (Å²) in [4.78, 5) is 2.42. The van der Waals surface area contributed by atoms with Gasteiger partial charge in [0.1, 0.15) is 0 Å². The smallest absolute Gasteiger partial charge is 0.0564 e. The highest BCUT2D eigenvalue weighted by atomic mass is 16.5. The zero-order valence-corrected chi connectivity index (χ0v) is 9.24. The van der Waals surface area contributed by atoms with Crippen molar-refractivity contribution >= 4 is 0 Å². The Labute approximate surface area is 87.1 Å². The van der Waals surface area contributed by atoms with Crippen LogP contribution in [0.15, 0.2) is 0 Å². The summed E-state index contributed by atoms with van der Waals surface area (Å²) in [5, 5.41) is 9.32. The van der Waals surface area contributed by atoms with Gasteiger partial charge in [0.2, 0.25) is 0 Å². The summed E-state index contributed by atoms with van der Waals surface area (Å²) in [5.74, 6) is 0. The summed E-state index contributed by atoms with van der Waals surface area (Å²) in [6, 6.07) is 0. The minimum absolute atomic E-state index is 0.0532. The Balaban J connectivity index is 1.91. The lowest BCUT2D eigenvalue weighted by atomic mass is 10.1. The van der Waals surface area contributed by atoms with Crippen LogP contribution in [0, 0.1) is 0 Å². The molecule has 0 unspecified atom stereocenters. The molecule has 0 aromatic rings. The Bertz CT molecular complexity index is 133. The molecule has 1 saturated heterocycles. The molecule has 0 bridgehead atoms. The monoisotopic (exact) mass is 201 g/mol. The minimum Gasteiger partial charge on any atom is -0.393 e. The first-order valence-electron chi connectivity index (χ1n) is 5.81. The Morgan fingerprint density at radius 1 is 1.29 bits per heavy atom. The summed E-state index contributed by atoms with van der Waals surface area (Å²) in [7, 11) is 0. The zero-order valence-electron chi connectivity index (χ0n) is 9.24. The van der Waals surface area contributed by atoms with E-state index in [0.717, 1.165) is 58.5 Å². The van der Waals surface area contributed by atoms with Gasteiger partial charge in [-0.3, -0.25) is 0 Å². The van der Waals surface area contributed by atoms with E-state index >= 15 is 0 Å². The third-order valence-electron chi connectivity index (χ3n) is 2.67. The van der Waals surface area contributed by atoms with Crippen LogP contribution >= 0.6 is 0 Å². The number of aliphatic hydroxyl groups is 1. The van der Waals surface area contributed by atoms with Crippen molar-refractivity contribution in [3.8, 4) is 0 Å². The molecule has 0 spiro atoms. The summed E-state index contributed by atoms with van der Waals surface area (Å²) in [5.41, 5.74) is 0. The van der Waals surface area contributed by atoms with Crippen molar-refractivity contribution in [2.75, 3.05) is 32.8 Å². The highest BCUT2D eigenvalue weighted by Crippen LogP contribution is 2.09. The number of rotatable bonds is 6.